The van der Waals surface area contributed by atoms with Crippen molar-refractivity contribution in [1.82, 2.24) is 5.32 Å². The molecule has 0 atom stereocenters. The number of halogens is 1. The molecule has 1 rings (SSSR count). The predicted molar refractivity (Wildman–Crippen MR) is 97.4 cm³/mol. The Morgan fingerprint density at radius 3 is 2.38 bits per heavy atom. The molecule has 1 amide bonds. The van der Waals surface area contributed by atoms with Crippen LogP contribution in [0.1, 0.15) is 26.3 Å². The van der Waals surface area contributed by atoms with Crippen molar-refractivity contribution in [2.45, 2.75) is 27.7 Å². The predicted octanol–water partition coefficient (Wildman–Crippen LogP) is 2.59. The molecule has 0 spiro atoms. The van der Waals surface area contributed by atoms with E-state index < -0.39 is 15.4 Å². The van der Waals surface area contributed by atoms with E-state index in [4.69, 9.17) is 16.3 Å². The van der Waals surface area contributed by atoms with Gasteiger partial charge in [0.2, 0.25) is 15.9 Å². The van der Waals surface area contributed by atoms with Crippen LogP contribution in [0.3, 0.4) is 0 Å². The summed E-state index contributed by atoms with van der Waals surface area (Å²) in [6, 6.07) is 3.24. The first kappa shape index (κ1) is 20.6. The number of methoxy groups -OCH3 is 1. The number of ether oxygens (including phenoxy) is 1. The normalized spacial score (nSPS) is 12.0. The minimum atomic E-state index is -3.55. The summed E-state index contributed by atoms with van der Waals surface area (Å²) < 4.78 is 30.9. The molecule has 1 N–H and O–H groups in total. The number of anilines is 1. The first-order valence-corrected chi connectivity index (χ1v) is 9.70. The van der Waals surface area contributed by atoms with Gasteiger partial charge in [0.1, 0.15) is 5.75 Å². The number of hydrogen-bond donors (Lipinski definition) is 1. The molecule has 0 saturated heterocycles. The summed E-state index contributed by atoms with van der Waals surface area (Å²) in [4.78, 5) is 11.9. The van der Waals surface area contributed by atoms with Crippen molar-refractivity contribution in [2.24, 2.45) is 5.41 Å². The molecular formula is C16H25ClN2O4S. The minimum Gasteiger partial charge on any atom is -0.494 e. The zero-order valence-electron chi connectivity index (χ0n) is 14.9. The van der Waals surface area contributed by atoms with E-state index in [2.05, 4.69) is 5.32 Å². The van der Waals surface area contributed by atoms with Crippen LogP contribution in [-0.4, -0.2) is 40.8 Å². The maximum Gasteiger partial charge on any atom is 0.232 e. The number of carbonyl (C=O) groups is 1. The lowest BCUT2D eigenvalue weighted by Crippen LogP contribution is -2.41. The molecule has 0 aliphatic rings. The number of carbonyl (C=O) groups excluding carboxylic acids is 1. The molecule has 0 unspecified atom stereocenters. The van der Waals surface area contributed by atoms with Crippen LogP contribution in [0.15, 0.2) is 12.1 Å². The Kier molecular flexibility index (Phi) is 6.52. The van der Waals surface area contributed by atoms with Gasteiger partial charge in [-0.15, -0.1) is 0 Å². The molecule has 0 heterocycles. The first-order chi connectivity index (χ1) is 10.9. The number of aryl methyl sites for hydroxylation is 1. The molecule has 0 radical (unpaired) electrons. The SMILES string of the molecule is COc1cc(Cl)c(C)cc1N(CCNC(=O)C(C)(C)C)S(C)(=O)=O. The third-order valence-electron chi connectivity index (χ3n) is 3.41. The first-order valence-electron chi connectivity index (χ1n) is 7.48. The highest BCUT2D eigenvalue weighted by atomic mass is 35.5. The van der Waals surface area contributed by atoms with E-state index in [9.17, 15) is 13.2 Å². The lowest BCUT2D eigenvalue weighted by atomic mass is 9.96. The van der Waals surface area contributed by atoms with Crippen molar-refractivity contribution in [3.05, 3.63) is 22.7 Å². The quantitative estimate of drug-likeness (QED) is 0.827. The summed E-state index contributed by atoms with van der Waals surface area (Å²) in [6.45, 7) is 7.45. The van der Waals surface area contributed by atoms with Crippen molar-refractivity contribution < 1.29 is 17.9 Å². The van der Waals surface area contributed by atoms with Crippen LogP contribution in [0.4, 0.5) is 5.69 Å². The van der Waals surface area contributed by atoms with Crippen molar-refractivity contribution in [3.63, 3.8) is 0 Å². The number of nitrogens with one attached hydrogen (secondary N) is 1. The van der Waals surface area contributed by atoms with E-state index in [0.717, 1.165) is 11.8 Å². The molecule has 136 valence electrons. The summed E-state index contributed by atoms with van der Waals surface area (Å²) in [7, 11) is -2.10. The van der Waals surface area contributed by atoms with Gasteiger partial charge in [-0.3, -0.25) is 9.10 Å². The highest BCUT2D eigenvalue weighted by Gasteiger charge is 2.24. The molecule has 0 saturated carbocycles. The zero-order chi connectivity index (χ0) is 18.7. The Labute approximate surface area is 149 Å². The maximum atomic E-state index is 12.2. The summed E-state index contributed by atoms with van der Waals surface area (Å²) in [5.74, 6) is 0.216. The van der Waals surface area contributed by atoms with Gasteiger partial charge in [0.15, 0.2) is 0 Å². The highest BCUT2D eigenvalue weighted by Crippen LogP contribution is 2.34. The topological polar surface area (TPSA) is 75.7 Å². The van der Waals surface area contributed by atoms with Gasteiger partial charge >= 0.3 is 0 Å². The molecule has 0 fully saturated rings. The fraction of sp³-hybridized carbons (Fsp3) is 0.562. The molecule has 0 aromatic heterocycles. The lowest BCUT2D eigenvalue weighted by molar-refractivity contribution is -0.128. The van der Waals surface area contributed by atoms with E-state index in [1.807, 2.05) is 0 Å². The van der Waals surface area contributed by atoms with E-state index in [1.54, 1.807) is 39.8 Å². The second-order valence-electron chi connectivity index (χ2n) is 6.61. The van der Waals surface area contributed by atoms with Crippen LogP contribution < -0.4 is 14.4 Å². The summed E-state index contributed by atoms with van der Waals surface area (Å²) in [6.07, 6.45) is 1.11. The van der Waals surface area contributed by atoms with Crippen LogP contribution in [0, 0.1) is 12.3 Å². The molecule has 0 aliphatic carbocycles. The Morgan fingerprint density at radius 2 is 1.92 bits per heavy atom. The number of rotatable bonds is 6. The summed E-state index contributed by atoms with van der Waals surface area (Å²) in [5, 5.41) is 3.24. The van der Waals surface area contributed by atoms with Gasteiger partial charge in [0.25, 0.3) is 0 Å². The van der Waals surface area contributed by atoms with Gasteiger partial charge < -0.3 is 10.1 Å². The number of hydrogen-bond acceptors (Lipinski definition) is 4. The van der Waals surface area contributed by atoms with E-state index in [0.29, 0.717) is 16.5 Å². The average Bonchev–Trinajstić information content (AvgIpc) is 2.43. The van der Waals surface area contributed by atoms with Crippen LogP contribution in [-0.2, 0) is 14.8 Å². The fourth-order valence-corrected chi connectivity index (χ4v) is 3.08. The third-order valence-corrected chi connectivity index (χ3v) is 5.00. The summed E-state index contributed by atoms with van der Waals surface area (Å²) in [5.41, 5.74) is 0.594. The molecule has 1 aromatic carbocycles. The van der Waals surface area contributed by atoms with Gasteiger partial charge in [-0.25, -0.2) is 8.42 Å². The van der Waals surface area contributed by atoms with Crippen LogP contribution in [0.2, 0.25) is 5.02 Å². The average molecular weight is 377 g/mol. The minimum absolute atomic E-state index is 0.0953. The second kappa shape index (κ2) is 7.61. The number of nitrogens with zero attached hydrogens (tertiary/aromatic N) is 1. The van der Waals surface area contributed by atoms with Crippen molar-refractivity contribution in [3.8, 4) is 5.75 Å². The van der Waals surface area contributed by atoms with Gasteiger partial charge in [-0.1, -0.05) is 32.4 Å². The molecule has 0 bridgehead atoms. The number of benzene rings is 1. The smallest absolute Gasteiger partial charge is 0.232 e. The molecule has 8 heteroatoms. The third kappa shape index (κ3) is 5.27. The fourth-order valence-electron chi connectivity index (χ4n) is 2.01. The molecular weight excluding hydrogens is 352 g/mol. The van der Waals surface area contributed by atoms with Crippen molar-refractivity contribution in [1.29, 1.82) is 0 Å². The highest BCUT2D eigenvalue weighted by molar-refractivity contribution is 7.92. The molecule has 0 aliphatic heterocycles. The summed E-state index contributed by atoms with van der Waals surface area (Å²) >= 11 is 6.07. The van der Waals surface area contributed by atoms with E-state index >= 15 is 0 Å². The Balaban J connectivity index is 3.09. The number of amides is 1. The Hall–Kier alpha value is -1.47. The van der Waals surface area contributed by atoms with Crippen molar-refractivity contribution >= 4 is 33.2 Å². The van der Waals surface area contributed by atoms with Crippen LogP contribution >= 0.6 is 11.6 Å². The Bertz CT molecular complexity index is 712. The number of sulfonamides is 1. The van der Waals surface area contributed by atoms with Gasteiger partial charge in [-0.2, -0.15) is 0 Å². The molecule has 6 nitrogen and oxygen atoms in total. The van der Waals surface area contributed by atoms with Crippen molar-refractivity contribution in [2.75, 3.05) is 30.8 Å². The van der Waals surface area contributed by atoms with E-state index in [1.165, 1.54) is 11.4 Å². The van der Waals surface area contributed by atoms with Crippen LogP contribution in [0.25, 0.3) is 0 Å². The molecule has 24 heavy (non-hydrogen) atoms. The largest absolute Gasteiger partial charge is 0.494 e. The lowest BCUT2D eigenvalue weighted by Gasteiger charge is -2.26. The van der Waals surface area contributed by atoms with Gasteiger partial charge in [0.05, 0.1) is 25.6 Å². The maximum absolute atomic E-state index is 12.2. The second-order valence-corrected chi connectivity index (χ2v) is 8.93. The molecule has 1 aromatic rings. The van der Waals surface area contributed by atoms with Gasteiger partial charge in [0, 0.05) is 23.0 Å². The Morgan fingerprint density at radius 1 is 1.33 bits per heavy atom. The van der Waals surface area contributed by atoms with Gasteiger partial charge in [-0.05, 0) is 18.6 Å². The zero-order valence-corrected chi connectivity index (χ0v) is 16.5. The van der Waals surface area contributed by atoms with E-state index in [-0.39, 0.29) is 19.0 Å². The standard InChI is InChI=1S/C16H25ClN2O4S/c1-11-9-13(14(23-5)10-12(11)17)19(24(6,21)22)8-7-18-15(20)16(2,3)4/h9-10H,7-8H2,1-6H3,(H,18,20). The van der Waals surface area contributed by atoms with Crippen LogP contribution in [0.5, 0.6) is 5.75 Å². The monoisotopic (exact) mass is 376 g/mol.